The van der Waals surface area contributed by atoms with Crippen molar-refractivity contribution >= 4 is 23.4 Å². The van der Waals surface area contributed by atoms with Crippen LogP contribution in [0.1, 0.15) is 6.92 Å². The van der Waals surface area contributed by atoms with Gasteiger partial charge in [-0.05, 0) is 23.1 Å². The molecule has 0 radical (unpaired) electrons. The highest BCUT2D eigenvalue weighted by atomic mass is 32.1. The Kier molecular flexibility index (Phi) is 3.73. The van der Waals surface area contributed by atoms with Crippen LogP contribution in [0.5, 0.6) is 5.75 Å². The van der Waals surface area contributed by atoms with Crippen molar-refractivity contribution in [1.82, 2.24) is 0 Å². The average Bonchev–Trinajstić information content (AvgIpc) is 2.35. The fourth-order valence-electron chi connectivity index (χ4n) is 1.61. The number of benzene rings is 2. The Bertz CT molecular complexity index is 462. The first-order chi connectivity index (χ1) is 7.81. The van der Waals surface area contributed by atoms with E-state index in [-0.39, 0.29) is 0 Å². The van der Waals surface area contributed by atoms with E-state index in [9.17, 15) is 0 Å². The molecule has 0 bridgehead atoms. The number of ether oxygens (including phenoxy) is 1. The van der Waals surface area contributed by atoms with Crippen LogP contribution in [-0.4, -0.2) is 12.4 Å². The van der Waals surface area contributed by atoms with E-state index in [1.807, 2.05) is 24.3 Å². The molecule has 0 amide bonds. The minimum absolute atomic E-state index is 0.474. The highest BCUT2D eigenvalue weighted by molar-refractivity contribution is 7.80. The number of rotatable bonds is 4. The standard InChI is InChI=1S/C14H16OS/c1-11(10-16)9-15-14-8-4-6-12-5-2-3-7-13(12)14/h2-8,11,16H,9-10H2,1H3. The van der Waals surface area contributed by atoms with Gasteiger partial charge in [-0.1, -0.05) is 43.3 Å². The van der Waals surface area contributed by atoms with E-state index in [0.717, 1.165) is 18.1 Å². The predicted molar refractivity (Wildman–Crippen MR) is 72.5 cm³/mol. The number of hydrogen-bond acceptors (Lipinski definition) is 2. The summed E-state index contributed by atoms with van der Waals surface area (Å²) in [5.74, 6) is 2.29. The van der Waals surface area contributed by atoms with E-state index in [1.165, 1.54) is 10.8 Å². The predicted octanol–water partition coefficient (Wildman–Crippen LogP) is 3.78. The van der Waals surface area contributed by atoms with Crippen LogP contribution in [0.25, 0.3) is 10.8 Å². The van der Waals surface area contributed by atoms with Gasteiger partial charge in [0.15, 0.2) is 0 Å². The maximum absolute atomic E-state index is 5.82. The van der Waals surface area contributed by atoms with Crippen molar-refractivity contribution in [3.05, 3.63) is 42.5 Å². The fraction of sp³-hybridized carbons (Fsp3) is 0.286. The lowest BCUT2D eigenvalue weighted by atomic mass is 10.1. The Balaban J connectivity index is 2.23. The Morgan fingerprint density at radius 3 is 2.69 bits per heavy atom. The monoisotopic (exact) mass is 232 g/mol. The molecule has 0 saturated carbocycles. The normalized spacial score (nSPS) is 12.6. The second kappa shape index (κ2) is 5.26. The van der Waals surface area contributed by atoms with E-state index in [1.54, 1.807) is 0 Å². The summed E-state index contributed by atoms with van der Waals surface area (Å²) < 4.78 is 5.82. The molecule has 2 aromatic carbocycles. The lowest BCUT2D eigenvalue weighted by molar-refractivity contribution is 0.277. The molecule has 2 aromatic rings. The summed E-state index contributed by atoms with van der Waals surface area (Å²) in [4.78, 5) is 0. The minimum Gasteiger partial charge on any atom is -0.493 e. The molecule has 0 fully saturated rings. The minimum atomic E-state index is 0.474. The van der Waals surface area contributed by atoms with Crippen molar-refractivity contribution in [2.24, 2.45) is 5.92 Å². The van der Waals surface area contributed by atoms with Crippen LogP contribution < -0.4 is 4.74 Å². The molecule has 0 aliphatic rings. The van der Waals surface area contributed by atoms with Crippen molar-refractivity contribution in [3.63, 3.8) is 0 Å². The Hall–Kier alpha value is -1.15. The maximum Gasteiger partial charge on any atom is 0.127 e. The molecule has 0 N–H and O–H groups in total. The first-order valence-electron chi connectivity index (χ1n) is 5.52. The summed E-state index contributed by atoms with van der Waals surface area (Å²) in [6, 6.07) is 14.4. The number of thiol groups is 1. The zero-order chi connectivity index (χ0) is 11.4. The molecular formula is C14H16OS. The molecular weight excluding hydrogens is 216 g/mol. The molecule has 1 nitrogen and oxygen atoms in total. The number of fused-ring (bicyclic) bond motifs is 1. The van der Waals surface area contributed by atoms with Gasteiger partial charge in [-0.3, -0.25) is 0 Å². The van der Waals surface area contributed by atoms with Crippen LogP contribution >= 0.6 is 12.6 Å². The third-order valence-electron chi connectivity index (χ3n) is 2.58. The van der Waals surface area contributed by atoms with Crippen molar-refractivity contribution in [2.75, 3.05) is 12.4 Å². The van der Waals surface area contributed by atoms with Gasteiger partial charge >= 0.3 is 0 Å². The van der Waals surface area contributed by atoms with Gasteiger partial charge in [0, 0.05) is 5.39 Å². The molecule has 0 heterocycles. The van der Waals surface area contributed by atoms with Gasteiger partial charge in [-0.25, -0.2) is 0 Å². The van der Waals surface area contributed by atoms with Crippen LogP contribution in [0, 0.1) is 5.92 Å². The van der Waals surface area contributed by atoms with Crippen LogP contribution in [0.3, 0.4) is 0 Å². The van der Waals surface area contributed by atoms with Crippen molar-refractivity contribution in [3.8, 4) is 5.75 Å². The molecule has 0 aliphatic heterocycles. The van der Waals surface area contributed by atoms with E-state index < -0.39 is 0 Å². The van der Waals surface area contributed by atoms with E-state index >= 15 is 0 Å². The van der Waals surface area contributed by atoms with Crippen LogP contribution in [-0.2, 0) is 0 Å². The second-order valence-electron chi connectivity index (χ2n) is 4.08. The van der Waals surface area contributed by atoms with Gasteiger partial charge in [-0.15, -0.1) is 0 Å². The Labute approximate surface area is 102 Å². The zero-order valence-corrected chi connectivity index (χ0v) is 10.3. The molecule has 1 unspecified atom stereocenters. The van der Waals surface area contributed by atoms with Gasteiger partial charge in [0.05, 0.1) is 6.61 Å². The van der Waals surface area contributed by atoms with Gasteiger partial charge < -0.3 is 4.74 Å². The first-order valence-corrected chi connectivity index (χ1v) is 6.16. The molecule has 0 saturated heterocycles. The number of hydrogen-bond donors (Lipinski definition) is 1. The lowest BCUT2D eigenvalue weighted by Gasteiger charge is -2.12. The summed E-state index contributed by atoms with van der Waals surface area (Å²) in [6.07, 6.45) is 0. The fourth-order valence-corrected chi connectivity index (χ4v) is 1.71. The van der Waals surface area contributed by atoms with E-state index in [0.29, 0.717) is 5.92 Å². The zero-order valence-electron chi connectivity index (χ0n) is 9.39. The van der Waals surface area contributed by atoms with Crippen molar-refractivity contribution in [1.29, 1.82) is 0 Å². The van der Waals surface area contributed by atoms with Gasteiger partial charge in [0.25, 0.3) is 0 Å². The second-order valence-corrected chi connectivity index (χ2v) is 4.44. The molecule has 84 valence electrons. The first kappa shape index (κ1) is 11.3. The Morgan fingerprint density at radius 1 is 1.12 bits per heavy atom. The summed E-state index contributed by atoms with van der Waals surface area (Å²) >= 11 is 4.26. The highest BCUT2D eigenvalue weighted by Gasteiger charge is 2.03. The third kappa shape index (κ3) is 2.50. The molecule has 1 atom stereocenters. The lowest BCUT2D eigenvalue weighted by Crippen LogP contribution is -2.09. The van der Waals surface area contributed by atoms with E-state index in [4.69, 9.17) is 4.74 Å². The summed E-state index contributed by atoms with van der Waals surface area (Å²) in [5, 5.41) is 2.40. The summed E-state index contributed by atoms with van der Waals surface area (Å²) in [5.41, 5.74) is 0. The van der Waals surface area contributed by atoms with Crippen LogP contribution in [0.4, 0.5) is 0 Å². The molecule has 2 rings (SSSR count). The van der Waals surface area contributed by atoms with Gasteiger partial charge in [-0.2, -0.15) is 12.6 Å². The molecule has 0 aromatic heterocycles. The molecule has 2 heteroatoms. The summed E-state index contributed by atoms with van der Waals surface area (Å²) in [7, 11) is 0. The quantitative estimate of drug-likeness (QED) is 0.789. The molecule has 0 spiro atoms. The van der Waals surface area contributed by atoms with Crippen LogP contribution in [0.15, 0.2) is 42.5 Å². The van der Waals surface area contributed by atoms with Gasteiger partial charge in [0.1, 0.15) is 5.75 Å². The largest absolute Gasteiger partial charge is 0.493 e. The average molecular weight is 232 g/mol. The summed E-state index contributed by atoms with van der Waals surface area (Å²) in [6.45, 7) is 2.86. The topological polar surface area (TPSA) is 9.23 Å². The Morgan fingerprint density at radius 2 is 1.88 bits per heavy atom. The van der Waals surface area contributed by atoms with Crippen molar-refractivity contribution in [2.45, 2.75) is 6.92 Å². The van der Waals surface area contributed by atoms with Gasteiger partial charge in [0.2, 0.25) is 0 Å². The SMILES string of the molecule is CC(CS)COc1cccc2ccccc12. The van der Waals surface area contributed by atoms with Crippen molar-refractivity contribution < 1.29 is 4.74 Å². The highest BCUT2D eigenvalue weighted by Crippen LogP contribution is 2.25. The maximum atomic E-state index is 5.82. The van der Waals surface area contributed by atoms with E-state index in [2.05, 4.69) is 37.8 Å². The smallest absolute Gasteiger partial charge is 0.127 e. The third-order valence-corrected chi connectivity index (χ3v) is 3.21. The molecule has 16 heavy (non-hydrogen) atoms. The van der Waals surface area contributed by atoms with Crippen LogP contribution in [0.2, 0.25) is 0 Å². The molecule has 0 aliphatic carbocycles.